The fourth-order valence-electron chi connectivity index (χ4n) is 11.6. The van der Waals surface area contributed by atoms with E-state index in [4.69, 9.17) is 19.9 Å². The molecule has 3 N–H and O–H groups in total. The second-order valence-electron chi connectivity index (χ2n) is 17.9. The number of aliphatic hydroxyl groups is 1. The van der Waals surface area contributed by atoms with Gasteiger partial charge in [0.2, 0.25) is 0 Å². The van der Waals surface area contributed by atoms with E-state index in [9.17, 15) is 14.7 Å². The average molecular weight is 720 g/mol. The highest BCUT2D eigenvalue weighted by Gasteiger charge is 2.59. The molecule has 4 fully saturated rings. The van der Waals surface area contributed by atoms with Crippen molar-refractivity contribution in [1.29, 1.82) is 0 Å². The van der Waals surface area contributed by atoms with Crippen LogP contribution in [-0.2, 0) is 23.8 Å². The highest BCUT2D eigenvalue weighted by atomic mass is 16.6. The van der Waals surface area contributed by atoms with E-state index in [-0.39, 0.29) is 49.2 Å². The minimum Gasteiger partial charge on any atom is -0.463 e. The summed E-state index contributed by atoms with van der Waals surface area (Å²) in [4.78, 5) is 37.9. The van der Waals surface area contributed by atoms with E-state index in [0.29, 0.717) is 16.6 Å². The first-order valence-electron chi connectivity index (χ1n) is 20.2. The molecule has 0 spiro atoms. The summed E-state index contributed by atoms with van der Waals surface area (Å²) in [6.45, 7) is 12.4. The molecule has 5 aliphatic rings. The molecule has 1 saturated heterocycles. The van der Waals surface area contributed by atoms with Gasteiger partial charge in [0.05, 0.1) is 25.3 Å². The Hall–Kier alpha value is -3.05. The van der Waals surface area contributed by atoms with Gasteiger partial charge in [-0.2, -0.15) is 0 Å². The summed E-state index contributed by atoms with van der Waals surface area (Å²) in [5.41, 5.74) is 8.93. The van der Waals surface area contributed by atoms with E-state index in [1.165, 1.54) is 69.6 Å². The first-order chi connectivity index (χ1) is 24.9. The topological polar surface area (TPSA) is 152 Å². The normalized spacial score (nSPS) is 36.2. The monoisotopic (exact) mass is 719 g/mol. The van der Waals surface area contributed by atoms with Crippen LogP contribution in [0.1, 0.15) is 131 Å². The predicted octanol–water partition coefficient (Wildman–Crippen LogP) is 7.33. The van der Waals surface area contributed by atoms with Gasteiger partial charge < -0.3 is 25.1 Å². The predicted molar refractivity (Wildman–Crippen MR) is 197 cm³/mol. The van der Waals surface area contributed by atoms with Gasteiger partial charge in [-0.25, -0.2) is 15.0 Å². The van der Waals surface area contributed by atoms with E-state index in [2.05, 4.69) is 55.6 Å². The van der Waals surface area contributed by atoms with Crippen molar-refractivity contribution in [2.45, 2.75) is 149 Å². The molecule has 0 radical (unpaired) electrons. The number of carbonyl (C=O) groups is 2. The molecule has 3 saturated carbocycles. The van der Waals surface area contributed by atoms with Crippen molar-refractivity contribution in [1.82, 2.24) is 19.5 Å². The number of aromatic nitrogens is 4. The van der Waals surface area contributed by atoms with E-state index in [1.54, 1.807) is 4.57 Å². The number of carbonyl (C=O) groups excluding carboxylic acids is 2. The molecular weight excluding hydrogens is 658 g/mol. The summed E-state index contributed by atoms with van der Waals surface area (Å²) in [6.07, 6.45) is 16.8. The lowest BCUT2D eigenvalue weighted by atomic mass is 9.47. The van der Waals surface area contributed by atoms with Crippen LogP contribution < -0.4 is 5.73 Å². The van der Waals surface area contributed by atoms with E-state index < -0.39 is 24.4 Å². The quantitative estimate of drug-likeness (QED) is 0.168. The second kappa shape index (κ2) is 15.0. The molecule has 4 unspecified atom stereocenters. The molecule has 4 aliphatic carbocycles. The summed E-state index contributed by atoms with van der Waals surface area (Å²) >= 11 is 0. The Morgan fingerprint density at radius 3 is 2.65 bits per heavy atom. The zero-order valence-corrected chi connectivity index (χ0v) is 32.0. The maximum atomic E-state index is 12.9. The van der Waals surface area contributed by atoms with Gasteiger partial charge in [0, 0.05) is 12.8 Å². The van der Waals surface area contributed by atoms with Crippen molar-refractivity contribution in [3.05, 3.63) is 24.3 Å². The minimum absolute atomic E-state index is 0.0212. The Balaban J connectivity index is 0.860. The first-order valence-corrected chi connectivity index (χ1v) is 20.2. The highest BCUT2D eigenvalue weighted by molar-refractivity contribution is 5.81. The van der Waals surface area contributed by atoms with Crippen molar-refractivity contribution >= 4 is 28.9 Å². The molecule has 2 aromatic rings. The van der Waals surface area contributed by atoms with Crippen LogP contribution in [0.25, 0.3) is 11.2 Å². The van der Waals surface area contributed by atoms with Crippen LogP contribution in [0.2, 0.25) is 0 Å². The van der Waals surface area contributed by atoms with Gasteiger partial charge in [0.15, 0.2) is 17.7 Å². The van der Waals surface area contributed by atoms with Crippen molar-refractivity contribution in [2.75, 3.05) is 12.3 Å². The van der Waals surface area contributed by atoms with E-state index in [0.717, 1.165) is 54.8 Å². The second-order valence-corrected chi connectivity index (χ2v) is 17.9. The van der Waals surface area contributed by atoms with E-state index in [1.807, 2.05) is 0 Å². The standard InChI is InChI=1S/C41H61N5O6/c1-24(2)7-6-8-25(3)30-11-12-31-29-10-9-26-19-27(15-17-40(26,4)32(29)16-18-41(30,31)5)51-35(49)14-13-34(48)50-21-28-20-33(47)39(52-28)46-23-45-36-37(42)43-22-44-38(36)46/h9,22-25,27-33,39,47H,6-8,10-21H2,1-5H3,(H2,42,43,44)/t25-,27?,28+,29?,30-,31?,32?,33-,39-,40+,41-/m1/s1. The number of esters is 2. The third kappa shape index (κ3) is 7.13. The molecule has 0 bridgehead atoms. The molecule has 11 heteroatoms. The number of anilines is 1. The molecule has 11 atom stereocenters. The highest BCUT2D eigenvalue weighted by Crippen LogP contribution is 2.67. The number of ether oxygens (including phenoxy) is 3. The SMILES string of the molecule is CC(C)CCC[C@@H](C)[C@H]1CCC2C3CC=C4CC(OC(=O)CCC(=O)OC[C@@H]5C[C@@H](O)[C@H](n6cnc7c(N)ncnc76)O5)CC[C@]4(C)C3CC[C@@]21C. The summed E-state index contributed by atoms with van der Waals surface area (Å²) < 4.78 is 19.0. The zero-order valence-electron chi connectivity index (χ0n) is 32.0. The third-order valence-corrected chi connectivity index (χ3v) is 14.3. The van der Waals surface area contributed by atoms with E-state index >= 15 is 0 Å². The molecule has 0 aromatic carbocycles. The first kappa shape index (κ1) is 37.3. The van der Waals surface area contributed by atoms with Crippen molar-refractivity contribution in [3.8, 4) is 0 Å². The Kier molecular flexibility index (Phi) is 10.8. The molecule has 1 aliphatic heterocycles. The molecule has 7 rings (SSSR count). The lowest BCUT2D eigenvalue weighted by molar-refractivity contribution is -0.157. The summed E-state index contributed by atoms with van der Waals surface area (Å²) in [5.74, 6) is 4.19. The van der Waals surface area contributed by atoms with Crippen LogP contribution >= 0.6 is 0 Å². The van der Waals surface area contributed by atoms with Gasteiger partial charge in [-0.15, -0.1) is 0 Å². The Labute approximate surface area is 308 Å². The van der Waals surface area contributed by atoms with Gasteiger partial charge >= 0.3 is 11.9 Å². The third-order valence-electron chi connectivity index (χ3n) is 14.3. The molecular formula is C41H61N5O6. The van der Waals surface area contributed by atoms with Gasteiger partial charge in [-0.3, -0.25) is 14.2 Å². The summed E-state index contributed by atoms with van der Waals surface area (Å²) in [5, 5.41) is 10.7. The van der Waals surface area contributed by atoms with Crippen LogP contribution in [0.3, 0.4) is 0 Å². The van der Waals surface area contributed by atoms with Gasteiger partial charge in [-0.1, -0.05) is 65.5 Å². The maximum Gasteiger partial charge on any atom is 0.306 e. The Morgan fingerprint density at radius 2 is 1.85 bits per heavy atom. The number of nitrogen functional groups attached to an aromatic ring is 1. The van der Waals surface area contributed by atoms with Crippen LogP contribution in [0.4, 0.5) is 5.82 Å². The smallest absolute Gasteiger partial charge is 0.306 e. The molecule has 11 nitrogen and oxygen atoms in total. The minimum atomic E-state index is -0.846. The van der Waals surface area contributed by atoms with Crippen LogP contribution in [0.15, 0.2) is 24.3 Å². The number of aliphatic hydroxyl groups excluding tert-OH is 1. The van der Waals surface area contributed by atoms with Gasteiger partial charge in [0.25, 0.3) is 0 Å². The van der Waals surface area contributed by atoms with Crippen LogP contribution in [0, 0.1) is 46.3 Å². The average Bonchev–Trinajstić information content (AvgIpc) is 3.81. The Bertz CT molecular complexity index is 1640. The number of nitrogens with two attached hydrogens (primary N) is 1. The zero-order chi connectivity index (χ0) is 36.8. The molecule has 2 aromatic heterocycles. The summed E-state index contributed by atoms with van der Waals surface area (Å²) in [7, 11) is 0. The number of nitrogens with zero attached hydrogens (tertiary/aromatic N) is 4. The number of hydrogen-bond acceptors (Lipinski definition) is 10. The molecule has 286 valence electrons. The van der Waals surface area contributed by atoms with Crippen molar-refractivity contribution in [3.63, 3.8) is 0 Å². The van der Waals surface area contributed by atoms with Gasteiger partial charge in [-0.05, 0) is 91.3 Å². The number of allylic oxidation sites excluding steroid dienone is 1. The van der Waals surface area contributed by atoms with Crippen LogP contribution in [-0.4, -0.2) is 61.5 Å². The van der Waals surface area contributed by atoms with Gasteiger partial charge in [0.1, 0.15) is 30.7 Å². The van der Waals surface area contributed by atoms with Crippen molar-refractivity contribution < 1.29 is 28.9 Å². The number of hydrogen-bond donors (Lipinski definition) is 2. The Morgan fingerprint density at radius 1 is 1.04 bits per heavy atom. The molecule has 0 amide bonds. The van der Waals surface area contributed by atoms with Crippen LogP contribution in [0.5, 0.6) is 0 Å². The number of fused-ring (bicyclic) bond motifs is 6. The van der Waals surface area contributed by atoms with Crippen molar-refractivity contribution in [2.24, 2.45) is 46.3 Å². The molecule has 3 heterocycles. The number of rotatable bonds is 12. The number of imidazole rings is 1. The lowest BCUT2D eigenvalue weighted by Crippen LogP contribution is -2.51. The molecule has 52 heavy (non-hydrogen) atoms. The maximum absolute atomic E-state index is 12.9. The fraction of sp³-hybridized carbons (Fsp3) is 0.780. The largest absolute Gasteiger partial charge is 0.463 e. The summed E-state index contributed by atoms with van der Waals surface area (Å²) in [6, 6.07) is 0. The lowest BCUT2D eigenvalue weighted by Gasteiger charge is -2.58. The fourth-order valence-corrected chi connectivity index (χ4v) is 11.6.